The van der Waals surface area contributed by atoms with Crippen molar-refractivity contribution in [3.8, 4) is 5.75 Å². The molecule has 0 aliphatic carbocycles. The van der Waals surface area contributed by atoms with Gasteiger partial charge in [0, 0.05) is 29.1 Å². The smallest absolute Gasteiger partial charge is 0.354 e. The summed E-state index contributed by atoms with van der Waals surface area (Å²) in [5, 5.41) is 24.3. The molecule has 0 aliphatic rings. The Kier molecular flexibility index (Phi) is 8.66. The lowest BCUT2D eigenvalue weighted by Gasteiger charge is -2.40. The Morgan fingerprint density at radius 3 is 2.50 bits per heavy atom. The van der Waals surface area contributed by atoms with E-state index >= 15 is 0 Å². The lowest BCUT2D eigenvalue weighted by atomic mass is 10.0. The zero-order chi connectivity index (χ0) is 26.7. The van der Waals surface area contributed by atoms with E-state index in [4.69, 9.17) is 9.16 Å². The van der Waals surface area contributed by atoms with E-state index in [0.29, 0.717) is 17.8 Å². The zero-order valence-corrected chi connectivity index (χ0v) is 23.4. The van der Waals surface area contributed by atoms with Crippen LogP contribution in [0.4, 0.5) is 0 Å². The fraction of sp³-hybridized carbons (Fsp3) is 0.464. The molecule has 4 N–H and O–H groups in total. The van der Waals surface area contributed by atoms with Crippen LogP contribution in [-0.2, 0) is 22.2 Å². The van der Waals surface area contributed by atoms with Gasteiger partial charge in [-0.1, -0.05) is 32.9 Å². The molecule has 0 spiro atoms. The minimum atomic E-state index is -2.09. The molecule has 2 aromatic carbocycles. The maximum absolute atomic E-state index is 11.8. The molecular weight excluding hydrogens is 472 g/mol. The Labute approximate surface area is 215 Å². The summed E-state index contributed by atoms with van der Waals surface area (Å²) in [5.41, 5.74) is 3.93. The fourth-order valence-electron chi connectivity index (χ4n) is 3.96. The summed E-state index contributed by atoms with van der Waals surface area (Å²) in [7, 11) is -0.713. The molecule has 0 amide bonds. The van der Waals surface area contributed by atoms with Gasteiger partial charge in [-0.3, -0.25) is 0 Å². The average molecular weight is 513 g/mol. The third-order valence-corrected chi connectivity index (χ3v) is 11.7. The van der Waals surface area contributed by atoms with E-state index in [2.05, 4.69) is 63.2 Å². The third-order valence-electron chi connectivity index (χ3n) is 7.17. The first-order chi connectivity index (χ1) is 16.8. The van der Waals surface area contributed by atoms with Gasteiger partial charge in [0.1, 0.15) is 11.4 Å². The number of carbonyl (C=O) groups is 1. The van der Waals surface area contributed by atoms with Crippen LogP contribution in [-0.4, -0.2) is 49.2 Å². The Morgan fingerprint density at radius 1 is 1.14 bits per heavy atom. The molecule has 1 heterocycles. The van der Waals surface area contributed by atoms with Crippen LogP contribution in [0, 0.1) is 0 Å². The van der Waals surface area contributed by atoms with Crippen molar-refractivity contribution in [2.24, 2.45) is 0 Å². The minimum Gasteiger partial charge on any atom is -0.508 e. The molecule has 3 aromatic rings. The van der Waals surface area contributed by atoms with Gasteiger partial charge in [-0.05, 0) is 72.9 Å². The number of H-pyrrole nitrogens is 1. The molecule has 0 saturated heterocycles. The van der Waals surface area contributed by atoms with Gasteiger partial charge in [0.25, 0.3) is 0 Å². The highest BCUT2D eigenvalue weighted by Gasteiger charge is 2.39. The molecular formula is C28H40N2O5Si. The number of hydrogen-bond acceptors (Lipinski definition) is 6. The molecule has 0 unspecified atom stereocenters. The van der Waals surface area contributed by atoms with E-state index in [-0.39, 0.29) is 35.5 Å². The summed E-state index contributed by atoms with van der Waals surface area (Å²) < 4.78 is 11.6. The van der Waals surface area contributed by atoms with Crippen molar-refractivity contribution in [3.05, 3.63) is 64.8 Å². The van der Waals surface area contributed by atoms with E-state index in [0.717, 1.165) is 28.5 Å². The van der Waals surface area contributed by atoms with Crippen LogP contribution in [0.5, 0.6) is 5.75 Å². The lowest BCUT2D eigenvalue weighted by Crippen LogP contribution is -2.44. The number of fused-ring (bicyclic) bond motifs is 1. The molecule has 36 heavy (non-hydrogen) atoms. The number of methoxy groups -OCH3 is 1. The first kappa shape index (κ1) is 27.9. The van der Waals surface area contributed by atoms with Crippen molar-refractivity contribution >= 4 is 25.2 Å². The number of benzene rings is 2. The second kappa shape index (κ2) is 11.2. The number of nitrogens with one attached hydrogen (secondary N) is 2. The number of aromatic hydroxyl groups is 1. The third kappa shape index (κ3) is 6.56. The van der Waals surface area contributed by atoms with E-state index in [1.165, 1.54) is 7.11 Å². The zero-order valence-electron chi connectivity index (χ0n) is 22.4. The van der Waals surface area contributed by atoms with Crippen molar-refractivity contribution in [1.29, 1.82) is 0 Å². The minimum absolute atomic E-state index is 0.0443. The molecule has 0 radical (unpaired) electrons. The second-order valence-corrected chi connectivity index (χ2v) is 15.8. The van der Waals surface area contributed by atoms with Gasteiger partial charge in [-0.15, -0.1) is 0 Å². The van der Waals surface area contributed by atoms with Gasteiger partial charge in [0.05, 0.1) is 19.8 Å². The molecule has 1 aromatic heterocycles. The Morgan fingerprint density at radius 2 is 1.86 bits per heavy atom. The Bertz CT molecular complexity index is 1200. The van der Waals surface area contributed by atoms with Crippen molar-refractivity contribution in [3.63, 3.8) is 0 Å². The predicted octanol–water partition coefficient (Wildman–Crippen LogP) is 5.44. The number of aliphatic hydroxyl groups is 1. The summed E-state index contributed by atoms with van der Waals surface area (Å²) in [6, 6.07) is 13.5. The Hall–Kier alpha value is -2.65. The largest absolute Gasteiger partial charge is 0.508 e. The highest BCUT2D eigenvalue weighted by atomic mass is 28.4. The van der Waals surface area contributed by atoms with Crippen molar-refractivity contribution in [1.82, 2.24) is 10.3 Å². The topological polar surface area (TPSA) is 104 Å². The second-order valence-electron chi connectivity index (χ2n) is 11.0. The summed E-state index contributed by atoms with van der Waals surface area (Å²) in [5.74, 6) is -0.293. The number of hydrogen-bond donors (Lipinski definition) is 4. The number of ether oxygens (including phenoxy) is 1. The van der Waals surface area contributed by atoms with Gasteiger partial charge in [-0.2, -0.15) is 0 Å². The first-order valence-electron chi connectivity index (χ1n) is 12.4. The molecule has 2 atom stereocenters. The van der Waals surface area contributed by atoms with E-state index in [1.807, 2.05) is 24.3 Å². The highest BCUT2D eigenvalue weighted by molar-refractivity contribution is 6.74. The van der Waals surface area contributed by atoms with E-state index < -0.39 is 8.32 Å². The number of esters is 1. The normalized spacial score (nSPS) is 14.1. The first-order valence-corrected chi connectivity index (χ1v) is 15.3. The summed E-state index contributed by atoms with van der Waals surface area (Å²) in [4.78, 5) is 14.9. The highest BCUT2D eigenvalue weighted by Crippen LogP contribution is 2.40. The lowest BCUT2D eigenvalue weighted by molar-refractivity contribution is 0.0595. The average Bonchev–Trinajstić information content (AvgIpc) is 3.24. The van der Waals surface area contributed by atoms with Gasteiger partial charge >= 0.3 is 5.97 Å². The number of phenols is 1. The quantitative estimate of drug-likeness (QED) is 0.213. The van der Waals surface area contributed by atoms with Crippen LogP contribution in [0.15, 0.2) is 42.5 Å². The van der Waals surface area contributed by atoms with Crippen LogP contribution in [0.2, 0.25) is 18.1 Å². The molecule has 196 valence electrons. The van der Waals surface area contributed by atoms with Crippen molar-refractivity contribution < 1.29 is 24.2 Å². The predicted molar refractivity (Wildman–Crippen MR) is 146 cm³/mol. The molecule has 7 nitrogen and oxygen atoms in total. The van der Waals surface area contributed by atoms with Crippen LogP contribution >= 0.6 is 0 Å². The summed E-state index contributed by atoms with van der Waals surface area (Å²) in [6.45, 7) is 13.6. The van der Waals surface area contributed by atoms with Crippen LogP contribution < -0.4 is 5.32 Å². The molecule has 0 bridgehead atoms. The standard InChI is InChI=1S/C28H40N2O5Si/c1-18(12-19-8-10-23-21(13-19)15-24(30-23)27(33)34-5)29-16-26(35-36(6,7)28(2,3)4)20-9-11-25(32)22(14-20)17-31/h8-11,13-15,18,26,29-32H,12,16-17H2,1-7H3/t18-,26+/m1/s1. The van der Waals surface area contributed by atoms with Gasteiger partial charge in [0.2, 0.25) is 0 Å². The van der Waals surface area contributed by atoms with Crippen LogP contribution in [0.25, 0.3) is 10.9 Å². The molecule has 8 heteroatoms. The van der Waals surface area contributed by atoms with E-state index in [1.54, 1.807) is 6.07 Å². The molecule has 0 fully saturated rings. The fourth-order valence-corrected chi connectivity index (χ4v) is 5.24. The molecule has 0 saturated carbocycles. The van der Waals surface area contributed by atoms with Crippen molar-refractivity contribution in [2.75, 3.05) is 13.7 Å². The number of aliphatic hydroxyl groups excluding tert-OH is 1. The maximum Gasteiger partial charge on any atom is 0.354 e. The van der Waals surface area contributed by atoms with Gasteiger partial charge < -0.3 is 29.7 Å². The number of carbonyl (C=O) groups excluding carboxylic acids is 1. The monoisotopic (exact) mass is 512 g/mol. The van der Waals surface area contributed by atoms with Crippen LogP contribution in [0.1, 0.15) is 61.0 Å². The maximum atomic E-state index is 11.8. The molecule has 0 aliphatic heterocycles. The van der Waals surface area contributed by atoms with Gasteiger partial charge in [0.15, 0.2) is 8.32 Å². The summed E-state index contributed by atoms with van der Waals surface area (Å²) >= 11 is 0. The molecule has 3 rings (SSSR count). The van der Waals surface area contributed by atoms with E-state index in [9.17, 15) is 15.0 Å². The number of rotatable bonds is 10. The summed E-state index contributed by atoms with van der Waals surface area (Å²) in [6.07, 6.45) is 0.591. The number of aromatic nitrogens is 1. The Balaban J connectivity index is 1.75. The van der Waals surface area contributed by atoms with Crippen molar-refractivity contribution in [2.45, 2.75) is 71.0 Å². The van der Waals surface area contributed by atoms with Gasteiger partial charge in [-0.25, -0.2) is 4.79 Å². The SMILES string of the molecule is COC(=O)c1cc2cc(C[C@@H](C)NC[C@H](O[Si](C)(C)C(C)(C)C)c3ccc(O)c(CO)c3)ccc2[nH]1. The van der Waals surface area contributed by atoms with Crippen LogP contribution in [0.3, 0.4) is 0 Å². The number of aromatic amines is 1.